The summed E-state index contributed by atoms with van der Waals surface area (Å²) in [6.07, 6.45) is 2.34. The van der Waals surface area contributed by atoms with Gasteiger partial charge in [0, 0.05) is 18.8 Å². The molecule has 2 rings (SSSR count). The summed E-state index contributed by atoms with van der Waals surface area (Å²) in [5.74, 6) is -0.727. The molecule has 0 saturated carbocycles. The van der Waals surface area contributed by atoms with Crippen LogP contribution < -0.4 is 10.1 Å². The minimum atomic E-state index is -3.32. The Morgan fingerprint density at radius 2 is 2.00 bits per heavy atom. The van der Waals surface area contributed by atoms with Crippen LogP contribution in [0.25, 0.3) is 0 Å². The van der Waals surface area contributed by atoms with E-state index in [1.54, 1.807) is 0 Å². The zero-order valence-electron chi connectivity index (χ0n) is 12.5. The van der Waals surface area contributed by atoms with Crippen molar-refractivity contribution in [3.05, 3.63) is 24.3 Å². The lowest BCUT2D eigenvalue weighted by Crippen LogP contribution is -2.43. The molecule has 0 aliphatic carbocycles. The third kappa shape index (κ3) is 5.14. The average Bonchev–Trinajstić information content (AvgIpc) is 2.48. The van der Waals surface area contributed by atoms with Gasteiger partial charge in [0.25, 0.3) is 0 Å². The molecule has 1 amide bonds. The molecule has 1 saturated heterocycles. The number of hydrogen-bond acceptors (Lipinski definition) is 4. The summed E-state index contributed by atoms with van der Waals surface area (Å²) in [5, 5.41) is 2.66. The van der Waals surface area contributed by atoms with E-state index in [4.69, 9.17) is 0 Å². The zero-order valence-corrected chi connectivity index (χ0v) is 13.4. The second kappa shape index (κ2) is 7.22. The number of sulfonamides is 1. The molecule has 0 spiro atoms. The van der Waals surface area contributed by atoms with Gasteiger partial charge in [-0.05, 0) is 37.1 Å². The highest BCUT2D eigenvalue weighted by Gasteiger charge is 2.30. The summed E-state index contributed by atoms with van der Waals surface area (Å²) >= 11 is 0. The summed E-state index contributed by atoms with van der Waals surface area (Å²) in [5.41, 5.74) is 0.438. The molecule has 1 atom stereocenters. The topological polar surface area (TPSA) is 75.7 Å². The van der Waals surface area contributed by atoms with Crippen LogP contribution in [0.15, 0.2) is 24.3 Å². The van der Waals surface area contributed by atoms with E-state index < -0.39 is 22.6 Å². The van der Waals surface area contributed by atoms with Crippen molar-refractivity contribution in [3.63, 3.8) is 0 Å². The molecule has 1 aliphatic rings. The predicted octanol–water partition coefficient (Wildman–Crippen LogP) is 1.90. The molecule has 1 unspecified atom stereocenters. The van der Waals surface area contributed by atoms with E-state index in [9.17, 15) is 22.0 Å². The number of alkyl halides is 2. The maximum Gasteiger partial charge on any atom is 0.387 e. The van der Waals surface area contributed by atoms with Crippen molar-refractivity contribution in [2.75, 3.05) is 24.7 Å². The number of nitrogens with zero attached hydrogens (tertiary/aromatic N) is 1. The first kappa shape index (κ1) is 17.6. The quantitative estimate of drug-likeness (QED) is 0.882. The van der Waals surface area contributed by atoms with Crippen LogP contribution in [-0.4, -0.2) is 44.6 Å². The largest absolute Gasteiger partial charge is 0.435 e. The van der Waals surface area contributed by atoms with Gasteiger partial charge in [-0.25, -0.2) is 12.7 Å². The van der Waals surface area contributed by atoms with Crippen LogP contribution in [0, 0.1) is 5.92 Å². The molecule has 1 aromatic carbocycles. The molecule has 23 heavy (non-hydrogen) atoms. The van der Waals surface area contributed by atoms with Crippen LogP contribution in [0.1, 0.15) is 12.8 Å². The first-order valence-corrected chi connectivity index (χ1v) is 8.91. The maximum atomic E-state index is 12.2. The van der Waals surface area contributed by atoms with Crippen LogP contribution >= 0.6 is 0 Å². The molecule has 1 N–H and O–H groups in total. The summed E-state index contributed by atoms with van der Waals surface area (Å²) in [4.78, 5) is 12.2. The first-order valence-electron chi connectivity index (χ1n) is 7.06. The molecule has 1 fully saturated rings. The van der Waals surface area contributed by atoms with E-state index in [2.05, 4.69) is 10.1 Å². The van der Waals surface area contributed by atoms with Crippen molar-refractivity contribution in [1.82, 2.24) is 4.31 Å². The number of carbonyl (C=O) groups is 1. The van der Waals surface area contributed by atoms with Gasteiger partial charge in [0.1, 0.15) is 5.75 Å². The molecule has 9 heteroatoms. The van der Waals surface area contributed by atoms with Gasteiger partial charge in [-0.1, -0.05) is 0 Å². The van der Waals surface area contributed by atoms with Crippen molar-refractivity contribution in [2.24, 2.45) is 5.92 Å². The van der Waals surface area contributed by atoms with E-state index in [-0.39, 0.29) is 18.2 Å². The van der Waals surface area contributed by atoms with Crippen molar-refractivity contribution in [3.8, 4) is 5.75 Å². The van der Waals surface area contributed by atoms with Gasteiger partial charge in [0.2, 0.25) is 15.9 Å². The predicted molar refractivity (Wildman–Crippen MR) is 80.8 cm³/mol. The molecular formula is C14H18F2N2O4S. The fraction of sp³-hybridized carbons (Fsp3) is 0.500. The Kier molecular flexibility index (Phi) is 5.53. The Bertz CT molecular complexity index is 649. The van der Waals surface area contributed by atoms with Gasteiger partial charge in [-0.15, -0.1) is 0 Å². The molecule has 1 aliphatic heterocycles. The smallest absolute Gasteiger partial charge is 0.387 e. The van der Waals surface area contributed by atoms with Crippen molar-refractivity contribution < 1.29 is 26.7 Å². The van der Waals surface area contributed by atoms with Crippen LogP contribution in [-0.2, 0) is 14.8 Å². The Balaban J connectivity index is 1.96. The van der Waals surface area contributed by atoms with Gasteiger partial charge >= 0.3 is 6.61 Å². The Morgan fingerprint density at radius 1 is 1.35 bits per heavy atom. The lowest BCUT2D eigenvalue weighted by molar-refractivity contribution is -0.120. The lowest BCUT2D eigenvalue weighted by Gasteiger charge is -2.30. The van der Waals surface area contributed by atoms with Crippen LogP contribution in [0.3, 0.4) is 0 Å². The fourth-order valence-corrected chi connectivity index (χ4v) is 3.33. The molecular weight excluding hydrogens is 330 g/mol. The highest BCUT2D eigenvalue weighted by molar-refractivity contribution is 7.88. The van der Waals surface area contributed by atoms with Crippen molar-refractivity contribution in [1.29, 1.82) is 0 Å². The number of benzene rings is 1. The SMILES string of the molecule is CS(=O)(=O)N1CCCC(C(=O)Nc2ccc(OC(F)F)cc2)C1. The molecule has 0 bridgehead atoms. The van der Waals surface area contributed by atoms with E-state index >= 15 is 0 Å². The third-order valence-electron chi connectivity index (χ3n) is 3.57. The number of hydrogen-bond donors (Lipinski definition) is 1. The second-order valence-corrected chi connectivity index (χ2v) is 7.33. The molecule has 0 aromatic heterocycles. The van der Waals surface area contributed by atoms with Crippen LogP contribution in [0.2, 0.25) is 0 Å². The Hall–Kier alpha value is -1.74. The number of piperidine rings is 1. The van der Waals surface area contributed by atoms with E-state index in [1.807, 2.05) is 0 Å². The van der Waals surface area contributed by atoms with Gasteiger partial charge < -0.3 is 10.1 Å². The normalized spacial score (nSPS) is 19.6. The third-order valence-corrected chi connectivity index (χ3v) is 4.84. The van der Waals surface area contributed by atoms with E-state index in [0.717, 1.165) is 6.26 Å². The van der Waals surface area contributed by atoms with E-state index in [0.29, 0.717) is 25.1 Å². The van der Waals surface area contributed by atoms with Gasteiger partial charge in [-0.2, -0.15) is 8.78 Å². The minimum absolute atomic E-state index is 0.00100. The minimum Gasteiger partial charge on any atom is -0.435 e. The number of halogens is 2. The number of anilines is 1. The first-order chi connectivity index (χ1) is 10.8. The summed E-state index contributed by atoms with van der Waals surface area (Å²) in [6, 6.07) is 5.55. The molecule has 1 heterocycles. The average molecular weight is 348 g/mol. The lowest BCUT2D eigenvalue weighted by atomic mass is 9.99. The Labute approximate surface area is 133 Å². The highest BCUT2D eigenvalue weighted by Crippen LogP contribution is 2.22. The van der Waals surface area contributed by atoms with Crippen molar-refractivity contribution in [2.45, 2.75) is 19.5 Å². The zero-order chi connectivity index (χ0) is 17.0. The molecule has 1 aromatic rings. The van der Waals surface area contributed by atoms with E-state index in [1.165, 1.54) is 28.6 Å². The highest BCUT2D eigenvalue weighted by atomic mass is 32.2. The van der Waals surface area contributed by atoms with Gasteiger partial charge in [0.05, 0.1) is 12.2 Å². The number of carbonyl (C=O) groups excluding carboxylic acids is 1. The number of nitrogens with one attached hydrogen (secondary N) is 1. The number of rotatable bonds is 5. The standard InChI is InChI=1S/C14H18F2N2O4S/c1-23(20,21)18-8-2-3-10(9-18)13(19)17-11-4-6-12(7-5-11)22-14(15)16/h4-7,10,14H,2-3,8-9H2,1H3,(H,17,19). The molecule has 6 nitrogen and oxygen atoms in total. The van der Waals surface area contributed by atoms with Crippen LogP contribution in [0.4, 0.5) is 14.5 Å². The van der Waals surface area contributed by atoms with Crippen LogP contribution in [0.5, 0.6) is 5.75 Å². The number of amides is 1. The Morgan fingerprint density at radius 3 is 2.57 bits per heavy atom. The molecule has 0 radical (unpaired) electrons. The second-order valence-electron chi connectivity index (χ2n) is 5.35. The van der Waals surface area contributed by atoms with Gasteiger partial charge in [-0.3, -0.25) is 4.79 Å². The molecule has 128 valence electrons. The van der Waals surface area contributed by atoms with Gasteiger partial charge in [0.15, 0.2) is 0 Å². The summed E-state index contributed by atoms with van der Waals surface area (Å²) in [6.45, 7) is -2.33. The summed E-state index contributed by atoms with van der Waals surface area (Å²) < 4.78 is 52.8. The monoisotopic (exact) mass is 348 g/mol. The van der Waals surface area contributed by atoms with Crippen molar-refractivity contribution >= 4 is 21.6 Å². The number of ether oxygens (including phenoxy) is 1. The summed E-state index contributed by atoms with van der Waals surface area (Å²) in [7, 11) is -3.32. The fourth-order valence-electron chi connectivity index (χ4n) is 2.42. The maximum absolute atomic E-state index is 12.2.